The maximum absolute atomic E-state index is 3.44. The van der Waals surface area contributed by atoms with Gasteiger partial charge in [0.1, 0.15) is 0 Å². The molecule has 0 atom stereocenters. The van der Waals surface area contributed by atoms with E-state index < -0.39 is 0 Å². The Morgan fingerprint density at radius 1 is 1.15 bits per heavy atom. The van der Waals surface area contributed by atoms with Gasteiger partial charge in [-0.2, -0.15) is 0 Å². The van der Waals surface area contributed by atoms with Crippen molar-refractivity contribution in [3.05, 3.63) is 66.4 Å². The van der Waals surface area contributed by atoms with Crippen molar-refractivity contribution in [2.24, 2.45) is 0 Å². The monoisotopic (exact) mass is 166 g/mol. The van der Waals surface area contributed by atoms with Crippen LogP contribution >= 0.6 is 0 Å². The van der Waals surface area contributed by atoms with Gasteiger partial charge in [0, 0.05) is 5.56 Å². The van der Waals surface area contributed by atoms with Crippen LogP contribution in [0.5, 0.6) is 0 Å². The van der Waals surface area contributed by atoms with Gasteiger partial charge in [-0.3, -0.25) is 0 Å². The van der Waals surface area contributed by atoms with Gasteiger partial charge < -0.3 is 0 Å². The molecule has 0 spiro atoms. The van der Waals surface area contributed by atoms with E-state index in [-0.39, 0.29) is 0 Å². The third-order valence-corrected chi connectivity index (χ3v) is 1.38. The van der Waals surface area contributed by atoms with Crippen molar-refractivity contribution < 1.29 is 0 Å². The number of hydrogen-bond acceptors (Lipinski definition) is 0. The van der Waals surface area contributed by atoms with Crippen LogP contribution in [0.2, 0.25) is 0 Å². The van der Waals surface area contributed by atoms with Crippen LogP contribution < -0.4 is 0 Å². The summed E-state index contributed by atoms with van der Waals surface area (Å²) < 4.78 is 0. The molecule has 0 N–H and O–H groups in total. The summed E-state index contributed by atoms with van der Waals surface area (Å²) in [5, 5.41) is 0. The summed E-state index contributed by atoms with van der Waals surface area (Å²) in [7, 11) is 0. The molecule has 13 heavy (non-hydrogen) atoms. The van der Waals surface area contributed by atoms with Crippen molar-refractivity contribution in [3.63, 3.8) is 0 Å². The normalized spacial score (nSPS) is 8.62. The second-order valence-electron chi connectivity index (χ2n) is 2.37. The van der Waals surface area contributed by atoms with Gasteiger partial charge in [0.25, 0.3) is 0 Å². The molecular weight excluding hydrogens is 156 g/mol. The minimum absolute atomic E-state index is 1.02. The Morgan fingerprint density at radius 3 is 2.62 bits per heavy atom. The first kappa shape index (κ1) is 9.13. The van der Waals surface area contributed by atoms with Gasteiger partial charge in [0.15, 0.2) is 0 Å². The highest BCUT2D eigenvalue weighted by Gasteiger charge is 1.78. The molecule has 0 bridgehead atoms. The van der Waals surface area contributed by atoms with Crippen LogP contribution in [0, 0.1) is 11.8 Å². The molecule has 0 radical (unpaired) electrons. The number of rotatable bonds is 1. The lowest BCUT2D eigenvalue weighted by molar-refractivity contribution is 1.65. The topological polar surface area (TPSA) is 0 Å². The molecule has 0 heteroatoms. The molecule has 1 rings (SSSR count). The molecule has 1 aromatic rings. The number of hydrogen-bond donors (Lipinski definition) is 0. The molecule has 0 fully saturated rings. The molecule has 0 saturated heterocycles. The highest BCUT2D eigenvalue weighted by atomic mass is 13.8. The molecule has 0 unspecified atom stereocenters. The van der Waals surface area contributed by atoms with Crippen LogP contribution in [0.1, 0.15) is 5.56 Å². The quantitative estimate of drug-likeness (QED) is 0.342. The Balaban J connectivity index is 2.63. The number of benzene rings is 1. The van der Waals surface area contributed by atoms with Crippen molar-refractivity contribution in [2.75, 3.05) is 0 Å². The maximum Gasteiger partial charge on any atom is 0.0248 e. The Kier molecular flexibility index (Phi) is 3.98. The van der Waals surface area contributed by atoms with E-state index in [1.165, 1.54) is 0 Å². The summed E-state index contributed by atoms with van der Waals surface area (Å²) in [6.07, 6.45) is 5.30. The van der Waals surface area contributed by atoms with Crippen LogP contribution in [-0.4, -0.2) is 0 Å². The standard InChI is InChI=1S/C13H10/c1-2-3-4-5-7-10-13-11-8-6-9-12-13/h3-6,8-9,11-12H,1H2. The minimum Gasteiger partial charge on any atom is -0.129 e. The van der Waals surface area contributed by atoms with Crippen molar-refractivity contribution in [2.45, 2.75) is 0 Å². The fraction of sp³-hybridized carbons (Fsp3) is 0. The molecule has 0 aliphatic heterocycles. The second-order valence-corrected chi connectivity index (χ2v) is 2.37. The molecule has 62 valence electrons. The second kappa shape index (κ2) is 5.66. The minimum atomic E-state index is 1.02. The molecular formula is C13H10. The van der Waals surface area contributed by atoms with E-state index in [1.807, 2.05) is 36.4 Å². The predicted octanol–water partition coefficient (Wildman–Crippen LogP) is 2.94. The van der Waals surface area contributed by atoms with Crippen molar-refractivity contribution in [1.29, 1.82) is 0 Å². The fourth-order valence-electron chi connectivity index (χ4n) is 0.811. The summed E-state index contributed by atoms with van der Waals surface area (Å²) in [6, 6.07) is 9.87. The first-order chi connectivity index (χ1) is 6.43. The molecule has 0 heterocycles. The lowest BCUT2D eigenvalue weighted by atomic mass is 10.2. The van der Waals surface area contributed by atoms with Gasteiger partial charge in [-0.25, -0.2) is 0 Å². The summed E-state index contributed by atoms with van der Waals surface area (Å²) in [5.74, 6) is 5.91. The Labute approximate surface area is 78.9 Å². The van der Waals surface area contributed by atoms with Crippen LogP contribution in [0.4, 0.5) is 0 Å². The van der Waals surface area contributed by atoms with E-state index in [2.05, 4.69) is 24.2 Å². The van der Waals surface area contributed by atoms with Gasteiger partial charge in [0.2, 0.25) is 0 Å². The van der Waals surface area contributed by atoms with E-state index >= 15 is 0 Å². The van der Waals surface area contributed by atoms with Gasteiger partial charge in [-0.05, 0) is 30.4 Å². The zero-order chi connectivity index (χ0) is 9.36. The van der Waals surface area contributed by atoms with Crippen LogP contribution in [-0.2, 0) is 0 Å². The third-order valence-electron chi connectivity index (χ3n) is 1.38. The van der Waals surface area contributed by atoms with Crippen molar-refractivity contribution in [3.8, 4) is 11.8 Å². The van der Waals surface area contributed by atoms with E-state index in [0.717, 1.165) is 5.56 Å². The van der Waals surface area contributed by atoms with E-state index in [1.54, 1.807) is 12.2 Å². The highest BCUT2D eigenvalue weighted by molar-refractivity contribution is 5.36. The Morgan fingerprint density at radius 2 is 1.92 bits per heavy atom. The summed E-state index contributed by atoms with van der Waals surface area (Å²) >= 11 is 0. The van der Waals surface area contributed by atoms with Crippen LogP contribution in [0.3, 0.4) is 0 Å². The van der Waals surface area contributed by atoms with Gasteiger partial charge in [-0.1, -0.05) is 36.6 Å². The largest absolute Gasteiger partial charge is 0.129 e. The molecule has 0 saturated carbocycles. The third kappa shape index (κ3) is 3.82. The lowest BCUT2D eigenvalue weighted by Crippen LogP contribution is -1.68. The lowest BCUT2D eigenvalue weighted by Gasteiger charge is -1.83. The van der Waals surface area contributed by atoms with E-state index in [0.29, 0.717) is 0 Å². The summed E-state index contributed by atoms with van der Waals surface area (Å²) in [6.45, 7) is 3.44. The Bertz CT molecular complexity index is 379. The van der Waals surface area contributed by atoms with Crippen LogP contribution in [0.25, 0.3) is 0 Å². The average molecular weight is 166 g/mol. The molecule has 0 aliphatic rings. The van der Waals surface area contributed by atoms with Gasteiger partial charge in [0.05, 0.1) is 0 Å². The maximum atomic E-state index is 3.44. The van der Waals surface area contributed by atoms with Crippen molar-refractivity contribution >= 4 is 0 Å². The predicted molar refractivity (Wildman–Crippen MR) is 56.2 cm³/mol. The number of allylic oxidation sites excluding steroid dienone is 3. The van der Waals surface area contributed by atoms with Crippen LogP contribution in [0.15, 0.2) is 60.9 Å². The van der Waals surface area contributed by atoms with Gasteiger partial charge in [-0.15, -0.1) is 5.73 Å². The molecule has 1 aromatic carbocycles. The summed E-state index contributed by atoms with van der Waals surface area (Å²) in [4.78, 5) is 0. The zero-order valence-electron chi connectivity index (χ0n) is 7.33. The fourth-order valence-corrected chi connectivity index (χ4v) is 0.811. The SMILES string of the molecule is C=C=CC=CC#Cc1ccccc1. The molecule has 0 aliphatic carbocycles. The summed E-state index contributed by atoms with van der Waals surface area (Å²) in [5.41, 5.74) is 3.66. The van der Waals surface area contributed by atoms with Gasteiger partial charge >= 0.3 is 0 Å². The first-order valence-corrected chi connectivity index (χ1v) is 4.01. The molecule has 0 aromatic heterocycles. The average Bonchev–Trinajstić information content (AvgIpc) is 2.19. The van der Waals surface area contributed by atoms with E-state index in [4.69, 9.17) is 0 Å². The Hall–Kier alpha value is -1.96. The van der Waals surface area contributed by atoms with E-state index in [9.17, 15) is 0 Å². The molecule has 0 nitrogen and oxygen atoms in total. The smallest absolute Gasteiger partial charge is 0.0248 e. The first-order valence-electron chi connectivity index (χ1n) is 4.01. The zero-order valence-corrected chi connectivity index (χ0v) is 7.33. The van der Waals surface area contributed by atoms with Crippen molar-refractivity contribution in [1.82, 2.24) is 0 Å². The molecule has 0 amide bonds. The highest BCUT2D eigenvalue weighted by Crippen LogP contribution is 1.94.